The van der Waals surface area contributed by atoms with Gasteiger partial charge >= 0.3 is 0 Å². The van der Waals surface area contributed by atoms with Crippen molar-refractivity contribution in [3.8, 4) is 0 Å². The van der Waals surface area contributed by atoms with Crippen LogP contribution in [0.25, 0.3) is 0 Å². The van der Waals surface area contributed by atoms with E-state index in [9.17, 15) is 0 Å². The molecule has 21 heavy (non-hydrogen) atoms. The third kappa shape index (κ3) is 5.25. The van der Waals surface area contributed by atoms with Crippen LogP contribution in [0.5, 0.6) is 0 Å². The molecule has 3 rings (SSSR count). The zero-order valence-electron chi connectivity index (χ0n) is 13.9. The van der Waals surface area contributed by atoms with Crippen LogP contribution in [0.4, 0.5) is 0 Å². The van der Waals surface area contributed by atoms with Gasteiger partial charge in [-0.05, 0) is 44.4 Å². The highest BCUT2D eigenvalue weighted by Crippen LogP contribution is 2.37. The summed E-state index contributed by atoms with van der Waals surface area (Å²) in [5, 5.41) is 0. The highest BCUT2D eigenvalue weighted by Gasteiger charge is 2.39. The molecule has 3 aliphatic rings. The molecule has 2 nitrogen and oxygen atoms in total. The minimum atomic E-state index is 0.434. The van der Waals surface area contributed by atoms with Gasteiger partial charge < -0.3 is 5.73 Å². The van der Waals surface area contributed by atoms with Crippen molar-refractivity contribution >= 4 is 0 Å². The van der Waals surface area contributed by atoms with Crippen molar-refractivity contribution in [2.75, 3.05) is 6.54 Å². The van der Waals surface area contributed by atoms with E-state index in [0.29, 0.717) is 12.1 Å². The Hall–Kier alpha value is -0.0800. The Morgan fingerprint density at radius 3 is 1.81 bits per heavy atom. The second kappa shape index (κ2) is 7.97. The summed E-state index contributed by atoms with van der Waals surface area (Å²) < 4.78 is 0. The number of nitrogens with zero attached hydrogens (tertiary/aromatic N) is 1. The Kier molecular flexibility index (Phi) is 5.99. The van der Waals surface area contributed by atoms with Gasteiger partial charge in [0.25, 0.3) is 0 Å². The van der Waals surface area contributed by atoms with Crippen LogP contribution in [0.15, 0.2) is 0 Å². The van der Waals surface area contributed by atoms with Gasteiger partial charge in [-0.3, -0.25) is 4.90 Å². The minimum absolute atomic E-state index is 0.434. The molecular formula is C19H36N2. The van der Waals surface area contributed by atoms with Crippen molar-refractivity contribution in [2.45, 2.75) is 108 Å². The first-order valence-electron chi connectivity index (χ1n) is 9.86. The largest absolute Gasteiger partial charge is 0.326 e. The molecule has 0 spiro atoms. The summed E-state index contributed by atoms with van der Waals surface area (Å²) in [7, 11) is 0. The van der Waals surface area contributed by atoms with Crippen molar-refractivity contribution in [2.24, 2.45) is 11.7 Å². The predicted molar refractivity (Wildman–Crippen MR) is 90.4 cm³/mol. The van der Waals surface area contributed by atoms with Crippen LogP contribution in [0.1, 0.15) is 89.9 Å². The van der Waals surface area contributed by atoms with E-state index in [1.54, 1.807) is 0 Å². The Morgan fingerprint density at radius 2 is 1.24 bits per heavy atom. The second-order valence-electron chi connectivity index (χ2n) is 8.01. The van der Waals surface area contributed by atoms with Crippen molar-refractivity contribution < 1.29 is 0 Å². The zero-order valence-corrected chi connectivity index (χ0v) is 13.9. The van der Waals surface area contributed by atoms with Gasteiger partial charge in [-0.1, -0.05) is 51.4 Å². The Balaban J connectivity index is 1.58. The van der Waals surface area contributed by atoms with Crippen LogP contribution in [0.2, 0.25) is 0 Å². The summed E-state index contributed by atoms with van der Waals surface area (Å²) in [5.74, 6) is 1.01. The summed E-state index contributed by atoms with van der Waals surface area (Å²) in [5.41, 5.74) is 6.68. The quantitative estimate of drug-likeness (QED) is 0.828. The Morgan fingerprint density at radius 1 is 0.667 bits per heavy atom. The fraction of sp³-hybridized carbons (Fsp3) is 1.00. The number of hydrogen-bond donors (Lipinski definition) is 1. The van der Waals surface area contributed by atoms with E-state index in [1.807, 2.05) is 0 Å². The topological polar surface area (TPSA) is 29.3 Å². The average molecular weight is 293 g/mol. The number of nitrogens with two attached hydrogens (primary N) is 1. The first-order valence-corrected chi connectivity index (χ1v) is 9.86. The lowest BCUT2D eigenvalue weighted by molar-refractivity contribution is 0.137. The summed E-state index contributed by atoms with van der Waals surface area (Å²) in [6.45, 7) is 1.36. The summed E-state index contributed by atoms with van der Waals surface area (Å²) in [4.78, 5) is 2.87. The van der Waals surface area contributed by atoms with Gasteiger partial charge in [-0.2, -0.15) is 0 Å². The molecule has 0 aromatic heterocycles. The first kappa shape index (κ1) is 15.8. The van der Waals surface area contributed by atoms with E-state index < -0.39 is 0 Å². The lowest BCUT2D eigenvalue weighted by Gasteiger charge is -2.36. The molecule has 0 saturated heterocycles. The molecule has 2 unspecified atom stereocenters. The molecular weight excluding hydrogens is 256 g/mol. The fourth-order valence-corrected chi connectivity index (χ4v) is 4.17. The minimum Gasteiger partial charge on any atom is -0.326 e. The van der Waals surface area contributed by atoms with Crippen LogP contribution in [-0.2, 0) is 0 Å². The lowest BCUT2D eigenvalue weighted by atomic mass is 9.93. The molecule has 0 bridgehead atoms. The van der Waals surface area contributed by atoms with Gasteiger partial charge in [0, 0.05) is 24.7 Å². The van der Waals surface area contributed by atoms with Crippen LogP contribution in [0.3, 0.4) is 0 Å². The van der Waals surface area contributed by atoms with E-state index in [0.717, 1.165) is 12.0 Å². The van der Waals surface area contributed by atoms with E-state index in [4.69, 9.17) is 5.73 Å². The normalized spacial score (nSPS) is 33.4. The highest BCUT2D eigenvalue weighted by molar-refractivity contribution is 4.95. The average Bonchev–Trinajstić information content (AvgIpc) is 3.35. The third-order valence-corrected chi connectivity index (χ3v) is 5.89. The van der Waals surface area contributed by atoms with Gasteiger partial charge in [0.2, 0.25) is 0 Å². The molecule has 0 aliphatic heterocycles. The lowest BCUT2D eigenvalue weighted by Crippen LogP contribution is -2.49. The van der Waals surface area contributed by atoms with Gasteiger partial charge in [-0.15, -0.1) is 0 Å². The molecule has 122 valence electrons. The fourth-order valence-electron chi connectivity index (χ4n) is 4.17. The van der Waals surface area contributed by atoms with Crippen molar-refractivity contribution in [3.63, 3.8) is 0 Å². The number of rotatable bonds is 4. The molecule has 0 heterocycles. The van der Waals surface area contributed by atoms with Crippen LogP contribution in [-0.4, -0.2) is 29.6 Å². The predicted octanol–water partition coefficient (Wildman–Crippen LogP) is 4.47. The van der Waals surface area contributed by atoms with E-state index in [1.165, 1.54) is 96.4 Å². The number of hydrogen-bond acceptors (Lipinski definition) is 2. The maximum atomic E-state index is 6.68. The van der Waals surface area contributed by atoms with Gasteiger partial charge in [0.1, 0.15) is 0 Å². The summed E-state index contributed by atoms with van der Waals surface area (Å²) in [6.07, 6.45) is 19.9. The van der Waals surface area contributed by atoms with Crippen molar-refractivity contribution in [1.29, 1.82) is 0 Å². The second-order valence-corrected chi connectivity index (χ2v) is 8.01. The van der Waals surface area contributed by atoms with Gasteiger partial charge in [-0.25, -0.2) is 0 Å². The molecule has 0 aromatic rings. The Labute approximate surface area is 131 Å². The molecule has 2 atom stereocenters. The SMILES string of the molecule is NC1CCCCCCCCCCC1N(CC1CC1)C1CC1. The van der Waals surface area contributed by atoms with Gasteiger partial charge in [0.15, 0.2) is 0 Å². The van der Waals surface area contributed by atoms with Crippen LogP contribution in [0, 0.1) is 5.92 Å². The first-order chi connectivity index (χ1) is 10.3. The summed E-state index contributed by atoms with van der Waals surface area (Å²) in [6, 6.07) is 2.02. The highest BCUT2D eigenvalue weighted by atomic mass is 15.2. The zero-order chi connectivity index (χ0) is 14.5. The maximum Gasteiger partial charge on any atom is 0.0250 e. The smallest absolute Gasteiger partial charge is 0.0250 e. The molecule has 3 saturated carbocycles. The monoisotopic (exact) mass is 292 g/mol. The third-order valence-electron chi connectivity index (χ3n) is 5.89. The standard InChI is InChI=1S/C19H36N2/c20-18-9-7-5-3-1-2-4-6-8-10-19(18)21(17-13-14-17)15-16-11-12-16/h16-19H,1-15,20H2. The maximum absolute atomic E-state index is 6.68. The molecule has 2 N–H and O–H groups in total. The van der Waals surface area contributed by atoms with Gasteiger partial charge in [0.05, 0.1) is 0 Å². The van der Waals surface area contributed by atoms with Crippen LogP contribution < -0.4 is 5.73 Å². The van der Waals surface area contributed by atoms with Crippen molar-refractivity contribution in [1.82, 2.24) is 4.90 Å². The molecule has 3 fully saturated rings. The van der Waals surface area contributed by atoms with Crippen molar-refractivity contribution in [3.05, 3.63) is 0 Å². The molecule has 0 aromatic carbocycles. The molecule has 0 radical (unpaired) electrons. The molecule has 0 amide bonds. The van der Waals surface area contributed by atoms with E-state index in [2.05, 4.69) is 4.90 Å². The Bertz CT molecular complexity index is 296. The van der Waals surface area contributed by atoms with E-state index >= 15 is 0 Å². The van der Waals surface area contributed by atoms with Crippen LogP contribution >= 0.6 is 0 Å². The van der Waals surface area contributed by atoms with E-state index in [-0.39, 0.29) is 0 Å². The molecule has 2 heteroatoms. The summed E-state index contributed by atoms with van der Waals surface area (Å²) >= 11 is 0. The molecule has 3 aliphatic carbocycles.